The van der Waals surface area contributed by atoms with E-state index >= 15 is 0 Å². The van der Waals surface area contributed by atoms with E-state index in [2.05, 4.69) is 0 Å². The monoisotopic (exact) mass is 193 g/mol. The van der Waals surface area contributed by atoms with Crippen LogP contribution in [0, 0.1) is 10.1 Å². The molecule has 0 bridgehead atoms. The van der Waals surface area contributed by atoms with Crippen LogP contribution >= 0.6 is 0 Å². The molecular formula is C6H4LiNO4S. The predicted molar refractivity (Wildman–Crippen MR) is 40.1 cm³/mol. The smallest absolute Gasteiger partial charge is 0.420 e. The van der Waals surface area contributed by atoms with Crippen LogP contribution in [0.1, 0.15) is 0 Å². The van der Waals surface area contributed by atoms with Gasteiger partial charge in [-0.25, -0.2) is 0 Å². The van der Waals surface area contributed by atoms with E-state index in [1.165, 1.54) is 12.1 Å². The van der Waals surface area contributed by atoms with Gasteiger partial charge in [0.15, 0.2) is 0 Å². The van der Waals surface area contributed by atoms with Crippen molar-refractivity contribution in [2.45, 2.75) is 4.90 Å². The van der Waals surface area contributed by atoms with Crippen molar-refractivity contribution < 1.29 is 32.2 Å². The Kier molecular flexibility index (Phi) is 4.70. The molecule has 0 atom stereocenters. The molecule has 0 aliphatic heterocycles. The summed E-state index contributed by atoms with van der Waals surface area (Å²) in [5.74, 6) is 0. The Morgan fingerprint density at radius 2 is 1.62 bits per heavy atom. The van der Waals surface area contributed by atoms with Gasteiger partial charge in [-0.1, -0.05) is 17.0 Å². The molecule has 0 saturated carbocycles. The van der Waals surface area contributed by atoms with Gasteiger partial charge in [-0.2, -0.15) is 0 Å². The Labute approximate surface area is 88.0 Å². The number of nitro benzene ring substituents is 1. The summed E-state index contributed by atoms with van der Waals surface area (Å²) in [6.45, 7) is 0. The van der Waals surface area contributed by atoms with Gasteiger partial charge in [0.25, 0.3) is 5.69 Å². The van der Waals surface area contributed by atoms with E-state index in [-0.39, 0.29) is 29.4 Å². The van der Waals surface area contributed by atoms with Crippen molar-refractivity contribution in [3.63, 3.8) is 0 Å². The first-order valence-corrected chi connectivity index (χ1v) is 4.02. The summed E-state index contributed by atoms with van der Waals surface area (Å²) in [4.78, 5) is 9.59. The topological polar surface area (TPSA) is 77.3 Å². The van der Waals surface area contributed by atoms with Crippen LogP contribution in [0.15, 0.2) is 29.2 Å². The van der Waals surface area contributed by atoms with Crippen LogP contribution in [0.25, 0.3) is 0 Å². The van der Waals surface area contributed by atoms with Crippen molar-refractivity contribution in [3.8, 4) is 0 Å². The van der Waals surface area contributed by atoms with Gasteiger partial charge in [0, 0.05) is 12.1 Å². The molecule has 0 radical (unpaired) electrons. The molecule has 64 valence electrons. The second-order valence-corrected chi connectivity index (χ2v) is 2.93. The first-order chi connectivity index (χ1) is 5.61. The molecule has 0 saturated heterocycles. The van der Waals surface area contributed by atoms with Gasteiger partial charge in [0.2, 0.25) is 0 Å². The summed E-state index contributed by atoms with van der Waals surface area (Å²) in [5.41, 5.74) is -0.121. The Bertz CT molecular complexity index is 365. The van der Waals surface area contributed by atoms with Crippen LogP contribution in [0.3, 0.4) is 0 Å². The number of benzene rings is 1. The molecule has 0 aliphatic carbocycles. The van der Waals surface area contributed by atoms with E-state index in [1.54, 1.807) is 0 Å². The summed E-state index contributed by atoms with van der Waals surface area (Å²) in [7, 11) is -2.32. The maximum atomic E-state index is 10.3. The third-order valence-electron chi connectivity index (χ3n) is 1.24. The fourth-order valence-electron chi connectivity index (χ4n) is 0.679. The van der Waals surface area contributed by atoms with Crippen molar-refractivity contribution in [2.75, 3.05) is 0 Å². The second kappa shape index (κ2) is 5.02. The van der Waals surface area contributed by atoms with E-state index in [4.69, 9.17) is 0 Å². The Morgan fingerprint density at radius 1 is 1.15 bits per heavy atom. The summed E-state index contributed by atoms with van der Waals surface area (Å²) < 4.78 is 20.6. The van der Waals surface area contributed by atoms with Crippen LogP contribution in [-0.2, 0) is 19.1 Å². The van der Waals surface area contributed by atoms with Gasteiger partial charge in [-0.3, -0.25) is 10.1 Å². The van der Waals surface area contributed by atoms with Gasteiger partial charge in [-0.15, -0.1) is 0 Å². The number of non-ortho nitro benzene ring substituents is 1. The fraction of sp³-hybridized carbons (Fsp3) is 0. The molecule has 0 aromatic heterocycles. The average molecular weight is 193 g/mol. The molecule has 1 aromatic carbocycles. The third kappa shape index (κ3) is 3.18. The molecule has 7 heteroatoms. The molecule has 5 nitrogen and oxygen atoms in total. The zero-order chi connectivity index (χ0) is 9.14. The van der Waals surface area contributed by atoms with E-state index in [9.17, 15) is 18.5 Å². The van der Waals surface area contributed by atoms with E-state index < -0.39 is 15.6 Å². The van der Waals surface area contributed by atoms with E-state index in [1.807, 2.05) is 0 Å². The summed E-state index contributed by atoms with van der Waals surface area (Å²) in [5, 5.41) is 10.1. The summed E-state index contributed by atoms with van der Waals surface area (Å²) >= 11 is 0. The second-order valence-electron chi connectivity index (χ2n) is 1.99. The van der Waals surface area contributed by atoms with E-state index in [0.717, 1.165) is 12.1 Å². The number of rotatable bonds is 2. The standard InChI is InChI=1S/C6H4NO4S.Li/c8-7(9)5-1-3-6(4-2-5)12(10)11;/h1-4H;/q-1;+1. The van der Waals surface area contributed by atoms with Crippen LogP contribution < -0.4 is 18.9 Å². The molecule has 1 aromatic rings. The molecule has 0 unspecified atom stereocenters. The third-order valence-corrected chi connectivity index (χ3v) is 1.90. The van der Waals surface area contributed by atoms with Crippen LogP contribution in [0.5, 0.6) is 0 Å². The fourth-order valence-corrected chi connectivity index (χ4v) is 1.04. The molecule has 0 aliphatic rings. The molecule has 0 spiro atoms. The predicted octanol–water partition coefficient (Wildman–Crippen LogP) is -1.73. The number of nitrogens with zero attached hydrogens (tertiary/aromatic N) is 1. The molecule has 0 heterocycles. The van der Waals surface area contributed by atoms with Crippen LogP contribution in [0.2, 0.25) is 0 Å². The van der Waals surface area contributed by atoms with Crippen molar-refractivity contribution in [3.05, 3.63) is 34.4 Å². The van der Waals surface area contributed by atoms with Crippen molar-refractivity contribution in [1.29, 1.82) is 0 Å². The van der Waals surface area contributed by atoms with Crippen molar-refractivity contribution in [1.82, 2.24) is 0 Å². The maximum absolute atomic E-state index is 10.3. The SMILES string of the molecule is O=[N+]([O-])c1ccc([S-](=O)=O)cc1.[Li+]. The van der Waals surface area contributed by atoms with Gasteiger partial charge in [0.1, 0.15) is 0 Å². The quantitative estimate of drug-likeness (QED) is 0.242. The van der Waals surface area contributed by atoms with Crippen molar-refractivity contribution in [2.24, 2.45) is 0 Å². The molecule has 0 amide bonds. The van der Waals surface area contributed by atoms with Gasteiger partial charge < -0.3 is 8.42 Å². The van der Waals surface area contributed by atoms with Gasteiger partial charge in [-0.05, 0) is 10.7 Å². The maximum Gasteiger partial charge on any atom is 1.00 e. The zero-order valence-electron chi connectivity index (χ0n) is 6.80. The molecule has 0 N–H and O–H groups in total. The molecule has 1 rings (SSSR count). The first kappa shape index (κ1) is 12.2. The number of hydrogen-bond donors (Lipinski definition) is 0. The zero-order valence-corrected chi connectivity index (χ0v) is 7.61. The average Bonchev–Trinajstić information content (AvgIpc) is 2.04. The molecule has 0 fully saturated rings. The van der Waals surface area contributed by atoms with Crippen LogP contribution in [-0.4, -0.2) is 4.92 Å². The summed E-state index contributed by atoms with van der Waals surface area (Å²) in [6, 6.07) is 4.65. The number of nitro groups is 1. The van der Waals surface area contributed by atoms with Gasteiger partial charge >= 0.3 is 18.9 Å². The van der Waals surface area contributed by atoms with E-state index in [0.29, 0.717) is 0 Å². The Balaban J connectivity index is 0.00000144. The minimum absolute atomic E-state index is 0. The first-order valence-electron chi connectivity index (χ1n) is 2.95. The van der Waals surface area contributed by atoms with Crippen LogP contribution in [0.4, 0.5) is 5.69 Å². The molecule has 13 heavy (non-hydrogen) atoms. The minimum atomic E-state index is -2.32. The normalized spacial score (nSPS) is 9.31. The minimum Gasteiger partial charge on any atom is -0.420 e. The molecular weight excluding hydrogens is 189 g/mol. The Morgan fingerprint density at radius 3 is 1.92 bits per heavy atom. The van der Waals surface area contributed by atoms with Gasteiger partial charge in [0.05, 0.1) is 4.92 Å². The summed E-state index contributed by atoms with van der Waals surface area (Å²) in [6.07, 6.45) is 0. The Hall–Kier alpha value is -0.833. The largest absolute Gasteiger partial charge is 1.00 e. The number of hydrogen-bond acceptors (Lipinski definition) is 5. The van der Waals surface area contributed by atoms with Crippen molar-refractivity contribution >= 4 is 16.4 Å².